The molecule has 2 aromatic heterocycles. The maximum absolute atomic E-state index is 12.4. The lowest BCUT2D eigenvalue weighted by Crippen LogP contribution is -2.21. The Morgan fingerprint density at radius 1 is 1.22 bits per heavy atom. The van der Waals surface area contributed by atoms with E-state index in [0.29, 0.717) is 36.2 Å². The van der Waals surface area contributed by atoms with E-state index in [1.54, 1.807) is 29.7 Å². The minimum absolute atomic E-state index is 0.0357. The Hall–Kier alpha value is -3.03. The summed E-state index contributed by atoms with van der Waals surface area (Å²) in [6, 6.07) is 7.17. The minimum atomic E-state index is -0.455. The van der Waals surface area contributed by atoms with Crippen LogP contribution in [0.15, 0.2) is 41.6 Å². The molecule has 0 amide bonds. The number of hydrogen-bond donors (Lipinski definition) is 0. The second kappa shape index (κ2) is 5.99. The first-order valence-electron chi connectivity index (χ1n) is 7.18. The van der Waals surface area contributed by atoms with E-state index in [4.69, 9.17) is 0 Å². The van der Waals surface area contributed by atoms with E-state index in [0.717, 1.165) is 0 Å². The molecule has 0 bridgehead atoms. The van der Waals surface area contributed by atoms with Gasteiger partial charge in [-0.3, -0.25) is 9.36 Å². The summed E-state index contributed by atoms with van der Waals surface area (Å²) in [5.74, 6) is 0.548. The van der Waals surface area contributed by atoms with Gasteiger partial charge in [0, 0.05) is 19.9 Å². The predicted octanol–water partition coefficient (Wildman–Crippen LogP) is 1.90. The summed E-state index contributed by atoms with van der Waals surface area (Å²) >= 11 is 0. The van der Waals surface area contributed by atoms with Crippen LogP contribution in [0.25, 0.3) is 10.9 Å². The fourth-order valence-electron chi connectivity index (χ4n) is 2.54. The molecular weight excluding hydrogens is 298 g/mol. The number of para-hydroxylation sites is 1. The summed E-state index contributed by atoms with van der Waals surface area (Å²) in [6.45, 7) is 2.57. The molecule has 0 spiro atoms. The Kier molecular flexibility index (Phi) is 3.88. The van der Waals surface area contributed by atoms with Crippen molar-refractivity contribution in [1.29, 1.82) is 0 Å². The zero-order valence-corrected chi connectivity index (χ0v) is 12.5. The van der Waals surface area contributed by atoms with E-state index in [9.17, 15) is 14.9 Å². The van der Waals surface area contributed by atoms with Crippen LogP contribution in [-0.4, -0.2) is 24.0 Å². The molecule has 0 aliphatic heterocycles. The van der Waals surface area contributed by atoms with Crippen molar-refractivity contribution in [3.05, 3.63) is 63.1 Å². The molecular formula is C15H15N5O3. The molecule has 0 saturated carbocycles. The Balaban J connectivity index is 1.77. The van der Waals surface area contributed by atoms with Crippen LogP contribution in [0.4, 0.5) is 5.82 Å². The highest BCUT2D eigenvalue weighted by molar-refractivity contribution is 5.76. The zero-order valence-electron chi connectivity index (χ0n) is 12.5. The molecule has 0 aliphatic carbocycles. The van der Waals surface area contributed by atoms with Crippen molar-refractivity contribution >= 4 is 16.7 Å². The molecule has 3 rings (SSSR count). The number of aromatic nitrogens is 4. The van der Waals surface area contributed by atoms with E-state index in [1.165, 1.54) is 17.1 Å². The molecule has 3 aromatic rings. The standard InChI is InChI=1S/C15H15N5O3/c1-11-16-9-14(20(22)23)19(11)8-4-7-18-10-17-13-6-3-2-5-12(13)15(18)21/h2-3,5-6,9-10H,4,7-8H2,1H3. The van der Waals surface area contributed by atoms with Gasteiger partial charge in [-0.05, 0) is 17.1 Å². The summed E-state index contributed by atoms with van der Waals surface area (Å²) in [5, 5.41) is 11.5. The molecule has 2 heterocycles. The number of nitrogens with zero attached hydrogens (tertiary/aromatic N) is 5. The summed E-state index contributed by atoms with van der Waals surface area (Å²) in [4.78, 5) is 31.1. The lowest BCUT2D eigenvalue weighted by atomic mass is 10.2. The van der Waals surface area contributed by atoms with Gasteiger partial charge in [0.1, 0.15) is 6.20 Å². The number of aryl methyl sites for hydroxylation is 2. The first kappa shape index (κ1) is 14.9. The molecule has 0 aliphatic rings. The number of benzene rings is 1. The molecule has 118 valence electrons. The number of rotatable bonds is 5. The normalized spacial score (nSPS) is 11.0. The highest BCUT2D eigenvalue weighted by Crippen LogP contribution is 2.14. The average Bonchev–Trinajstić information content (AvgIpc) is 2.91. The molecule has 0 unspecified atom stereocenters. The largest absolute Gasteiger partial charge is 0.358 e. The molecule has 8 nitrogen and oxygen atoms in total. The number of imidazole rings is 1. The van der Waals surface area contributed by atoms with Crippen LogP contribution >= 0.6 is 0 Å². The monoisotopic (exact) mass is 313 g/mol. The molecule has 23 heavy (non-hydrogen) atoms. The highest BCUT2D eigenvalue weighted by atomic mass is 16.6. The van der Waals surface area contributed by atoms with Gasteiger partial charge in [0.2, 0.25) is 0 Å². The molecule has 0 saturated heterocycles. The lowest BCUT2D eigenvalue weighted by molar-refractivity contribution is -0.392. The van der Waals surface area contributed by atoms with Gasteiger partial charge in [0.25, 0.3) is 5.56 Å². The third-order valence-corrected chi connectivity index (χ3v) is 3.73. The predicted molar refractivity (Wildman–Crippen MR) is 84.2 cm³/mol. The minimum Gasteiger partial charge on any atom is -0.358 e. The van der Waals surface area contributed by atoms with Crippen LogP contribution < -0.4 is 5.56 Å². The van der Waals surface area contributed by atoms with Gasteiger partial charge in [-0.15, -0.1) is 0 Å². The van der Waals surface area contributed by atoms with Crippen LogP contribution in [0, 0.1) is 17.0 Å². The van der Waals surface area contributed by atoms with Gasteiger partial charge in [0.05, 0.1) is 23.8 Å². The Morgan fingerprint density at radius 3 is 2.78 bits per heavy atom. The van der Waals surface area contributed by atoms with Gasteiger partial charge in [-0.1, -0.05) is 12.1 Å². The number of nitro groups is 1. The second-order valence-corrected chi connectivity index (χ2v) is 5.19. The zero-order chi connectivity index (χ0) is 16.4. The van der Waals surface area contributed by atoms with E-state index >= 15 is 0 Å². The van der Waals surface area contributed by atoms with Gasteiger partial charge in [0.15, 0.2) is 5.82 Å². The van der Waals surface area contributed by atoms with Crippen LogP contribution in [0.1, 0.15) is 12.2 Å². The van der Waals surface area contributed by atoms with Crippen molar-refractivity contribution < 1.29 is 4.92 Å². The molecule has 1 aromatic carbocycles. The van der Waals surface area contributed by atoms with Gasteiger partial charge >= 0.3 is 5.82 Å². The quantitative estimate of drug-likeness (QED) is 0.529. The Morgan fingerprint density at radius 2 is 2.00 bits per heavy atom. The fraction of sp³-hybridized carbons (Fsp3) is 0.267. The third-order valence-electron chi connectivity index (χ3n) is 3.73. The lowest BCUT2D eigenvalue weighted by Gasteiger charge is -2.07. The van der Waals surface area contributed by atoms with Crippen molar-refractivity contribution in [2.24, 2.45) is 0 Å². The van der Waals surface area contributed by atoms with Crippen molar-refractivity contribution in [3.8, 4) is 0 Å². The highest BCUT2D eigenvalue weighted by Gasteiger charge is 2.16. The molecule has 0 N–H and O–H groups in total. The number of fused-ring (bicyclic) bond motifs is 1. The molecule has 0 fully saturated rings. The average molecular weight is 313 g/mol. The van der Waals surface area contributed by atoms with E-state index in [1.807, 2.05) is 6.07 Å². The van der Waals surface area contributed by atoms with Crippen molar-refractivity contribution in [3.63, 3.8) is 0 Å². The van der Waals surface area contributed by atoms with Gasteiger partial charge in [-0.2, -0.15) is 0 Å². The molecule has 8 heteroatoms. The summed E-state index contributed by atoms with van der Waals surface area (Å²) in [7, 11) is 0. The third kappa shape index (κ3) is 2.83. The van der Waals surface area contributed by atoms with E-state index in [2.05, 4.69) is 9.97 Å². The van der Waals surface area contributed by atoms with Crippen molar-refractivity contribution in [2.45, 2.75) is 26.4 Å². The van der Waals surface area contributed by atoms with Crippen LogP contribution in [0.3, 0.4) is 0 Å². The van der Waals surface area contributed by atoms with Gasteiger partial charge < -0.3 is 10.1 Å². The Bertz CT molecular complexity index is 928. The van der Waals surface area contributed by atoms with Crippen LogP contribution in [-0.2, 0) is 13.1 Å². The van der Waals surface area contributed by atoms with Crippen LogP contribution in [0.2, 0.25) is 0 Å². The first-order chi connectivity index (χ1) is 11.1. The summed E-state index contributed by atoms with van der Waals surface area (Å²) in [5.41, 5.74) is 0.558. The van der Waals surface area contributed by atoms with Gasteiger partial charge in [-0.25, -0.2) is 14.5 Å². The molecule has 0 radical (unpaired) electrons. The van der Waals surface area contributed by atoms with Crippen LogP contribution in [0.5, 0.6) is 0 Å². The van der Waals surface area contributed by atoms with E-state index < -0.39 is 4.92 Å². The Labute approximate surface area is 131 Å². The van der Waals surface area contributed by atoms with Crippen molar-refractivity contribution in [2.75, 3.05) is 0 Å². The van der Waals surface area contributed by atoms with Crippen molar-refractivity contribution in [1.82, 2.24) is 19.1 Å². The first-order valence-corrected chi connectivity index (χ1v) is 7.18. The topological polar surface area (TPSA) is 95.8 Å². The van der Waals surface area contributed by atoms with E-state index in [-0.39, 0.29) is 11.4 Å². The second-order valence-electron chi connectivity index (χ2n) is 5.19. The smallest absolute Gasteiger partial charge is 0.342 e. The maximum atomic E-state index is 12.4. The summed E-state index contributed by atoms with van der Waals surface area (Å²) < 4.78 is 3.07. The summed E-state index contributed by atoms with van der Waals surface area (Å²) in [6.07, 6.45) is 3.33. The molecule has 0 atom stereocenters. The fourth-order valence-corrected chi connectivity index (χ4v) is 2.54. The number of hydrogen-bond acceptors (Lipinski definition) is 5. The SMILES string of the molecule is Cc1ncc([N+](=O)[O-])n1CCCn1cnc2ccccc2c1=O. The maximum Gasteiger partial charge on any atom is 0.342 e.